The fraction of sp³-hybridized carbons (Fsp3) is 0.167. The lowest BCUT2D eigenvalue weighted by atomic mass is 9.94. The largest absolute Gasteiger partial charge is 0.294 e. The number of rotatable bonds is 1. The number of hydrogen-bond acceptors (Lipinski definition) is 2. The molecule has 0 spiro atoms. The van der Waals surface area contributed by atoms with Gasteiger partial charge in [0.25, 0.3) is 0 Å². The Morgan fingerprint density at radius 3 is 2.57 bits per heavy atom. The maximum absolute atomic E-state index is 11.6. The molecule has 1 aliphatic rings. The quantitative estimate of drug-likeness (QED) is 0.660. The molecule has 0 aliphatic carbocycles. The van der Waals surface area contributed by atoms with Crippen LogP contribution in [0, 0.1) is 0 Å². The molecule has 0 saturated heterocycles. The second-order valence-corrected chi connectivity index (χ2v) is 3.35. The van der Waals surface area contributed by atoms with Crippen molar-refractivity contribution in [2.75, 3.05) is 0 Å². The van der Waals surface area contributed by atoms with Crippen molar-refractivity contribution in [1.82, 2.24) is 0 Å². The van der Waals surface area contributed by atoms with Crippen LogP contribution in [0.2, 0.25) is 0 Å². The van der Waals surface area contributed by atoms with E-state index >= 15 is 0 Å². The van der Waals surface area contributed by atoms with E-state index in [9.17, 15) is 4.79 Å². The van der Waals surface area contributed by atoms with Gasteiger partial charge in [0.05, 0.1) is 5.92 Å². The summed E-state index contributed by atoms with van der Waals surface area (Å²) in [7, 11) is 0. The van der Waals surface area contributed by atoms with Crippen LogP contribution >= 0.6 is 0 Å². The summed E-state index contributed by atoms with van der Waals surface area (Å²) < 4.78 is 0. The molecule has 0 bridgehead atoms. The highest BCUT2D eigenvalue weighted by molar-refractivity contribution is 6.08. The lowest BCUT2D eigenvalue weighted by Gasteiger charge is -2.12. The average Bonchev–Trinajstić information content (AvgIpc) is 2.19. The highest BCUT2D eigenvalue weighted by atomic mass is 16.1. The molecule has 0 amide bonds. The maximum atomic E-state index is 11.6. The fourth-order valence-electron chi connectivity index (χ4n) is 1.51. The monoisotopic (exact) mass is 185 g/mol. The van der Waals surface area contributed by atoms with E-state index in [4.69, 9.17) is 0 Å². The summed E-state index contributed by atoms with van der Waals surface area (Å²) in [6.45, 7) is 1.83. The predicted molar refractivity (Wildman–Crippen MR) is 56.4 cm³/mol. The number of aliphatic imine (C=N–C) groups is 1. The molecule has 1 heterocycles. The Morgan fingerprint density at radius 1 is 1.21 bits per heavy atom. The Hall–Kier alpha value is -1.70. The first-order chi connectivity index (χ1) is 6.77. The third-order valence-corrected chi connectivity index (χ3v) is 2.24. The van der Waals surface area contributed by atoms with Gasteiger partial charge in [-0.1, -0.05) is 30.3 Å². The Kier molecular flexibility index (Phi) is 2.27. The van der Waals surface area contributed by atoms with Gasteiger partial charge in [-0.15, -0.1) is 0 Å². The molecule has 1 aliphatic heterocycles. The van der Waals surface area contributed by atoms with E-state index < -0.39 is 0 Å². The zero-order chi connectivity index (χ0) is 9.97. The molecular weight excluding hydrogens is 174 g/mol. The van der Waals surface area contributed by atoms with Crippen molar-refractivity contribution in [3.8, 4) is 0 Å². The molecule has 2 nitrogen and oxygen atoms in total. The molecule has 2 heteroatoms. The lowest BCUT2D eigenvalue weighted by molar-refractivity contribution is -0.114. The van der Waals surface area contributed by atoms with Crippen LogP contribution in [0.5, 0.6) is 0 Å². The molecule has 0 aromatic heterocycles. The van der Waals surface area contributed by atoms with Crippen molar-refractivity contribution in [3.63, 3.8) is 0 Å². The van der Waals surface area contributed by atoms with Crippen LogP contribution in [0.1, 0.15) is 18.4 Å². The molecule has 0 fully saturated rings. The summed E-state index contributed by atoms with van der Waals surface area (Å²) in [6, 6.07) is 9.70. The molecule has 1 atom stereocenters. The first-order valence-electron chi connectivity index (χ1n) is 4.58. The van der Waals surface area contributed by atoms with Crippen LogP contribution in [0.3, 0.4) is 0 Å². The van der Waals surface area contributed by atoms with Gasteiger partial charge >= 0.3 is 0 Å². The third kappa shape index (κ3) is 1.64. The van der Waals surface area contributed by atoms with Crippen molar-refractivity contribution < 1.29 is 4.79 Å². The number of allylic oxidation sites excluding steroid dienone is 2. The highest BCUT2D eigenvalue weighted by Gasteiger charge is 2.18. The summed E-state index contributed by atoms with van der Waals surface area (Å²) in [4.78, 5) is 15.8. The molecule has 0 radical (unpaired) electrons. The van der Waals surface area contributed by atoms with Gasteiger partial charge in [-0.3, -0.25) is 9.79 Å². The first kappa shape index (κ1) is 8.88. The van der Waals surface area contributed by atoms with Gasteiger partial charge in [-0.25, -0.2) is 0 Å². The first-order valence-corrected chi connectivity index (χ1v) is 4.58. The van der Waals surface area contributed by atoms with Gasteiger partial charge in [-0.05, 0) is 12.5 Å². The van der Waals surface area contributed by atoms with Gasteiger partial charge < -0.3 is 0 Å². The van der Waals surface area contributed by atoms with E-state index in [0.29, 0.717) is 0 Å². The van der Waals surface area contributed by atoms with Crippen LogP contribution in [-0.2, 0) is 4.79 Å². The summed E-state index contributed by atoms with van der Waals surface area (Å²) >= 11 is 0. The minimum absolute atomic E-state index is 0.115. The maximum Gasteiger partial charge on any atom is 0.170 e. The third-order valence-electron chi connectivity index (χ3n) is 2.24. The highest BCUT2D eigenvalue weighted by Crippen LogP contribution is 2.19. The molecule has 1 aromatic rings. The summed E-state index contributed by atoms with van der Waals surface area (Å²) in [6.07, 6.45) is 3.31. The van der Waals surface area contributed by atoms with Crippen molar-refractivity contribution in [2.45, 2.75) is 12.8 Å². The molecule has 0 saturated carbocycles. The van der Waals surface area contributed by atoms with Gasteiger partial charge in [0, 0.05) is 18.0 Å². The topological polar surface area (TPSA) is 29.4 Å². The Balaban J connectivity index is 2.31. The number of benzene rings is 1. The lowest BCUT2D eigenvalue weighted by Crippen LogP contribution is -2.14. The molecule has 1 aromatic carbocycles. The van der Waals surface area contributed by atoms with Gasteiger partial charge in [0.2, 0.25) is 0 Å². The normalized spacial score (nSPS) is 20.8. The van der Waals surface area contributed by atoms with Gasteiger partial charge in [0.1, 0.15) is 0 Å². The Bertz CT molecular complexity index is 404. The fourth-order valence-corrected chi connectivity index (χ4v) is 1.51. The van der Waals surface area contributed by atoms with E-state index in [1.54, 1.807) is 12.3 Å². The minimum Gasteiger partial charge on any atom is -0.294 e. The minimum atomic E-state index is -0.195. The van der Waals surface area contributed by atoms with Crippen molar-refractivity contribution >= 4 is 12.0 Å². The van der Waals surface area contributed by atoms with Crippen LogP contribution in [0.15, 0.2) is 47.1 Å². The number of carbonyl (C=O) groups is 1. The summed E-state index contributed by atoms with van der Waals surface area (Å²) in [5, 5.41) is 0. The van der Waals surface area contributed by atoms with Crippen LogP contribution < -0.4 is 0 Å². The molecule has 14 heavy (non-hydrogen) atoms. The summed E-state index contributed by atoms with van der Waals surface area (Å²) in [5.41, 5.74) is 1.78. The molecule has 2 rings (SSSR count). The number of ketones is 1. The zero-order valence-corrected chi connectivity index (χ0v) is 7.97. The average molecular weight is 185 g/mol. The van der Waals surface area contributed by atoms with Gasteiger partial charge in [-0.2, -0.15) is 0 Å². The summed E-state index contributed by atoms with van der Waals surface area (Å²) in [5.74, 6) is -0.0800. The van der Waals surface area contributed by atoms with Crippen molar-refractivity contribution in [3.05, 3.63) is 47.7 Å². The van der Waals surface area contributed by atoms with Crippen molar-refractivity contribution in [2.24, 2.45) is 4.99 Å². The molecular formula is C12H11NO. The van der Waals surface area contributed by atoms with E-state index in [2.05, 4.69) is 4.99 Å². The number of hydrogen-bond donors (Lipinski definition) is 0. The van der Waals surface area contributed by atoms with E-state index in [0.717, 1.165) is 11.3 Å². The second-order valence-electron chi connectivity index (χ2n) is 3.35. The van der Waals surface area contributed by atoms with Crippen LogP contribution in [-0.4, -0.2) is 12.0 Å². The van der Waals surface area contributed by atoms with E-state index in [1.165, 1.54) is 0 Å². The van der Waals surface area contributed by atoms with Gasteiger partial charge in [0.15, 0.2) is 5.78 Å². The molecule has 70 valence electrons. The Labute approximate surface area is 83.0 Å². The Morgan fingerprint density at radius 2 is 1.93 bits per heavy atom. The number of nitrogens with zero attached hydrogens (tertiary/aromatic N) is 1. The van der Waals surface area contributed by atoms with E-state index in [1.807, 2.05) is 37.3 Å². The second kappa shape index (κ2) is 3.58. The van der Waals surface area contributed by atoms with E-state index in [-0.39, 0.29) is 11.7 Å². The molecule has 1 unspecified atom stereocenters. The SMILES string of the molecule is CC1=CC(=O)C(c2ccccc2)C=N1. The predicted octanol–water partition coefficient (Wildman–Crippen LogP) is 2.33. The molecule has 0 N–H and O–H groups in total. The van der Waals surface area contributed by atoms with Crippen molar-refractivity contribution in [1.29, 1.82) is 0 Å². The number of carbonyl (C=O) groups excluding carboxylic acids is 1. The van der Waals surface area contributed by atoms with Crippen LogP contribution in [0.4, 0.5) is 0 Å². The smallest absolute Gasteiger partial charge is 0.170 e. The standard InChI is InChI=1S/C12H11NO/c1-9-7-12(14)11(8-13-9)10-5-3-2-4-6-10/h2-8,11H,1H3. The zero-order valence-electron chi connectivity index (χ0n) is 7.97. The van der Waals surface area contributed by atoms with Crippen LogP contribution in [0.25, 0.3) is 0 Å².